The van der Waals surface area contributed by atoms with Crippen LogP contribution in [0.4, 0.5) is 18.9 Å². The van der Waals surface area contributed by atoms with Gasteiger partial charge < -0.3 is 10.1 Å². The van der Waals surface area contributed by atoms with E-state index in [0.717, 1.165) is 23.9 Å². The molecule has 1 amide bonds. The van der Waals surface area contributed by atoms with E-state index < -0.39 is 17.6 Å². The Bertz CT molecular complexity index is 1040. The van der Waals surface area contributed by atoms with Crippen molar-refractivity contribution in [3.05, 3.63) is 71.8 Å². The highest BCUT2D eigenvalue weighted by atomic mass is 35.5. The van der Waals surface area contributed by atoms with Gasteiger partial charge in [0, 0.05) is 10.7 Å². The van der Waals surface area contributed by atoms with E-state index in [1.54, 1.807) is 35.4 Å². The number of halogens is 4. The van der Waals surface area contributed by atoms with Gasteiger partial charge in [0.15, 0.2) is 0 Å². The zero-order valence-electron chi connectivity index (χ0n) is 16.6. The van der Waals surface area contributed by atoms with Crippen LogP contribution in [0.15, 0.2) is 71.3 Å². The molecule has 32 heavy (non-hydrogen) atoms. The summed E-state index contributed by atoms with van der Waals surface area (Å²) >= 11 is 6.91. The lowest BCUT2D eigenvalue weighted by molar-refractivity contribution is -0.137. The van der Waals surface area contributed by atoms with Gasteiger partial charge >= 0.3 is 6.18 Å². The molecule has 1 heterocycles. The highest BCUT2D eigenvalue weighted by Crippen LogP contribution is 2.30. The van der Waals surface area contributed by atoms with Crippen LogP contribution < -0.4 is 10.1 Å². The maximum absolute atomic E-state index is 12.8. The molecular weight excluding hydrogens is 465 g/mol. The molecule has 1 aliphatic rings. The molecule has 0 aliphatic carbocycles. The summed E-state index contributed by atoms with van der Waals surface area (Å²) in [5.41, 5.74) is -0.784. The number of hydrogen-bond donors (Lipinski definition) is 1. The van der Waals surface area contributed by atoms with E-state index in [1.807, 2.05) is 0 Å². The Hall–Kier alpha value is -2.98. The third-order valence-corrected chi connectivity index (χ3v) is 5.05. The van der Waals surface area contributed by atoms with Gasteiger partial charge in [0.2, 0.25) is 17.0 Å². The van der Waals surface area contributed by atoms with Crippen LogP contribution in [0, 0.1) is 0 Å². The Morgan fingerprint density at radius 2 is 2.03 bits per heavy atom. The quantitative estimate of drug-likeness (QED) is 0.569. The van der Waals surface area contributed by atoms with Gasteiger partial charge in [-0.3, -0.25) is 9.80 Å². The molecule has 2 aromatic rings. The third-order valence-electron chi connectivity index (χ3n) is 3.96. The Labute approximate surface area is 191 Å². The molecule has 3 rings (SSSR count). The van der Waals surface area contributed by atoms with Crippen LogP contribution >= 0.6 is 23.4 Å². The molecule has 1 aliphatic heterocycles. The van der Waals surface area contributed by atoms with E-state index in [9.17, 15) is 18.0 Å². The first kappa shape index (κ1) is 23.7. The number of amidine groups is 1. The second kappa shape index (κ2) is 10.6. The molecule has 168 valence electrons. The predicted molar refractivity (Wildman–Crippen MR) is 121 cm³/mol. The normalized spacial score (nSPS) is 13.8. The van der Waals surface area contributed by atoms with E-state index in [-0.39, 0.29) is 16.6 Å². The van der Waals surface area contributed by atoms with Gasteiger partial charge in [-0.2, -0.15) is 18.2 Å². The van der Waals surface area contributed by atoms with Crippen molar-refractivity contribution in [2.24, 2.45) is 10.1 Å². The second-order valence-electron chi connectivity index (χ2n) is 6.50. The fraction of sp³-hybridized carbons (Fsp3) is 0.190. The van der Waals surface area contributed by atoms with Gasteiger partial charge in [0.25, 0.3) is 0 Å². The SMILES string of the molecule is C=CCN1CC(Oc2ccc(Cl)cc2)=NC(SCC(=O)Nc2cccc(C(F)(F)F)c2)=N1. The van der Waals surface area contributed by atoms with Gasteiger partial charge in [-0.05, 0) is 42.5 Å². The fourth-order valence-corrected chi connectivity index (χ4v) is 3.38. The molecule has 11 heteroatoms. The van der Waals surface area contributed by atoms with Crippen molar-refractivity contribution in [2.45, 2.75) is 6.18 Å². The molecule has 0 saturated carbocycles. The highest BCUT2D eigenvalue weighted by molar-refractivity contribution is 8.14. The van der Waals surface area contributed by atoms with Gasteiger partial charge in [0.05, 0.1) is 17.9 Å². The molecule has 0 fully saturated rings. The molecule has 0 bridgehead atoms. The van der Waals surface area contributed by atoms with Crippen molar-refractivity contribution in [1.29, 1.82) is 0 Å². The van der Waals surface area contributed by atoms with E-state index in [2.05, 4.69) is 22.0 Å². The summed E-state index contributed by atoms with van der Waals surface area (Å²) in [6.07, 6.45) is -2.83. The molecule has 0 aromatic heterocycles. The number of amides is 1. The standard InChI is InChI=1S/C21H18ClF3N4O2S/c1-2-10-29-12-19(31-17-8-6-15(22)7-9-17)27-20(28-29)32-13-18(30)26-16-5-3-4-14(11-16)21(23,24)25/h2-9,11H,1,10,12-13H2,(H,26,30). The molecular formula is C21H18ClF3N4O2S. The number of anilines is 1. The van der Waals surface area contributed by atoms with Crippen molar-refractivity contribution < 1.29 is 22.7 Å². The van der Waals surface area contributed by atoms with Crippen LogP contribution in [-0.4, -0.2) is 40.8 Å². The highest BCUT2D eigenvalue weighted by Gasteiger charge is 2.30. The van der Waals surface area contributed by atoms with E-state index in [4.69, 9.17) is 16.3 Å². The van der Waals surface area contributed by atoms with Gasteiger partial charge in [-0.15, -0.1) is 11.7 Å². The minimum atomic E-state index is -4.49. The number of thioether (sulfide) groups is 1. The largest absolute Gasteiger partial charge is 0.441 e. The maximum Gasteiger partial charge on any atom is 0.416 e. The summed E-state index contributed by atoms with van der Waals surface area (Å²) in [5.74, 6) is 0.313. The summed E-state index contributed by atoms with van der Waals surface area (Å²) in [6, 6.07) is 11.2. The van der Waals surface area contributed by atoms with Crippen LogP contribution in [0.25, 0.3) is 0 Å². The number of nitrogens with zero attached hydrogens (tertiary/aromatic N) is 3. The third kappa shape index (κ3) is 7.03. The van der Waals surface area contributed by atoms with Gasteiger partial charge in [0.1, 0.15) is 12.3 Å². The first-order valence-electron chi connectivity index (χ1n) is 9.28. The van der Waals surface area contributed by atoms with E-state index >= 15 is 0 Å². The number of nitrogens with one attached hydrogen (secondary N) is 1. The Kier molecular flexibility index (Phi) is 7.81. The number of carbonyl (C=O) groups excluding carboxylic acids is 1. The number of hydrazone groups is 1. The second-order valence-corrected chi connectivity index (χ2v) is 7.87. The molecule has 2 aromatic carbocycles. The Balaban J connectivity index is 1.63. The van der Waals surface area contributed by atoms with Gasteiger partial charge in [-0.1, -0.05) is 35.5 Å². The average molecular weight is 483 g/mol. The summed E-state index contributed by atoms with van der Waals surface area (Å²) in [6.45, 7) is 4.42. The molecule has 0 spiro atoms. The van der Waals surface area contributed by atoms with Crippen molar-refractivity contribution in [3.63, 3.8) is 0 Å². The number of carbonyl (C=O) groups is 1. The number of rotatable bonds is 6. The van der Waals surface area contributed by atoms with Crippen LogP contribution in [0.1, 0.15) is 5.56 Å². The lowest BCUT2D eigenvalue weighted by Crippen LogP contribution is -2.33. The molecule has 1 N–H and O–H groups in total. The zero-order valence-corrected chi connectivity index (χ0v) is 18.2. The molecule has 0 atom stereocenters. The minimum Gasteiger partial charge on any atom is -0.441 e. The summed E-state index contributed by atoms with van der Waals surface area (Å²) in [7, 11) is 0. The van der Waals surface area contributed by atoms with Crippen molar-refractivity contribution >= 4 is 46.0 Å². The van der Waals surface area contributed by atoms with Gasteiger partial charge in [-0.25, -0.2) is 0 Å². The van der Waals surface area contributed by atoms with Crippen LogP contribution in [0.2, 0.25) is 5.02 Å². The average Bonchev–Trinajstić information content (AvgIpc) is 2.74. The molecule has 0 saturated heterocycles. The van der Waals surface area contributed by atoms with Crippen molar-refractivity contribution in [3.8, 4) is 5.75 Å². The smallest absolute Gasteiger partial charge is 0.416 e. The number of alkyl halides is 3. The summed E-state index contributed by atoms with van der Waals surface area (Å²) in [5, 5.41) is 9.29. The van der Waals surface area contributed by atoms with E-state index in [0.29, 0.717) is 29.8 Å². The van der Waals surface area contributed by atoms with Crippen LogP contribution in [-0.2, 0) is 11.0 Å². The monoisotopic (exact) mass is 482 g/mol. The Morgan fingerprint density at radius 1 is 1.28 bits per heavy atom. The lowest BCUT2D eigenvalue weighted by atomic mass is 10.2. The zero-order chi connectivity index (χ0) is 23.1. The minimum absolute atomic E-state index is 0.0551. The lowest BCUT2D eigenvalue weighted by Gasteiger charge is -2.23. The van der Waals surface area contributed by atoms with Crippen LogP contribution in [0.5, 0.6) is 5.75 Å². The van der Waals surface area contributed by atoms with E-state index in [1.165, 1.54) is 12.1 Å². The fourth-order valence-electron chi connectivity index (χ4n) is 2.59. The first-order chi connectivity index (χ1) is 15.2. The predicted octanol–water partition coefficient (Wildman–Crippen LogP) is 5.28. The molecule has 0 radical (unpaired) electrons. The Morgan fingerprint density at radius 3 is 2.72 bits per heavy atom. The number of hydrogen-bond acceptors (Lipinski definition) is 6. The maximum atomic E-state index is 12.8. The topological polar surface area (TPSA) is 66.3 Å². The number of benzene rings is 2. The molecule has 6 nitrogen and oxygen atoms in total. The van der Waals surface area contributed by atoms with Crippen LogP contribution in [0.3, 0.4) is 0 Å². The summed E-state index contributed by atoms with van der Waals surface area (Å²) < 4.78 is 44.3. The van der Waals surface area contributed by atoms with Crippen molar-refractivity contribution in [2.75, 3.05) is 24.2 Å². The number of ether oxygens (including phenoxy) is 1. The first-order valence-corrected chi connectivity index (χ1v) is 10.6. The number of aliphatic imine (C=N–C) groups is 1. The van der Waals surface area contributed by atoms with Crippen molar-refractivity contribution in [1.82, 2.24) is 5.01 Å². The summed E-state index contributed by atoms with van der Waals surface area (Å²) in [4.78, 5) is 16.6. The molecule has 0 unspecified atom stereocenters.